The van der Waals surface area contributed by atoms with Crippen LogP contribution in [0.1, 0.15) is 19.8 Å². The highest BCUT2D eigenvalue weighted by Gasteiger charge is 2.15. The molecule has 1 unspecified atom stereocenters. The van der Waals surface area contributed by atoms with Crippen molar-refractivity contribution >= 4 is 11.4 Å². The minimum Gasteiger partial charge on any atom is -0.380 e. The lowest BCUT2D eigenvalue weighted by Gasteiger charge is -2.27. The smallest absolute Gasteiger partial charge is 0.0763 e. The molecule has 70 valence electrons. The van der Waals surface area contributed by atoms with Gasteiger partial charge in [0.25, 0.3) is 0 Å². The summed E-state index contributed by atoms with van der Waals surface area (Å²) >= 11 is 0. The van der Waals surface area contributed by atoms with Crippen molar-refractivity contribution in [2.45, 2.75) is 25.8 Å². The fourth-order valence-electron chi connectivity index (χ4n) is 1.69. The highest BCUT2D eigenvalue weighted by molar-refractivity contribution is 5.69. The van der Waals surface area contributed by atoms with Crippen molar-refractivity contribution in [2.24, 2.45) is 0 Å². The molecule has 13 heavy (non-hydrogen) atoms. The zero-order valence-corrected chi connectivity index (χ0v) is 7.88. The zero-order chi connectivity index (χ0) is 9.10. The standard InChI is InChI=1S/C10H15N3/c1-2-3-8-6-12-10-7-11-5-4-9(10)13-8/h4-5,7-8,12-13H,2-3,6H2,1H3. The van der Waals surface area contributed by atoms with Gasteiger partial charge in [0.15, 0.2) is 0 Å². The molecule has 0 aromatic carbocycles. The molecule has 2 heterocycles. The molecule has 3 heteroatoms. The van der Waals surface area contributed by atoms with Crippen LogP contribution in [0, 0.1) is 0 Å². The number of fused-ring (bicyclic) bond motifs is 1. The average molecular weight is 177 g/mol. The second-order valence-corrected chi connectivity index (χ2v) is 3.43. The van der Waals surface area contributed by atoms with Gasteiger partial charge in [-0.3, -0.25) is 4.98 Å². The minimum absolute atomic E-state index is 0.569. The van der Waals surface area contributed by atoms with Gasteiger partial charge in [0.05, 0.1) is 17.6 Å². The Morgan fingerprint density at radius 1 is 1.54 bits per heavy atom. The van der Waals surface area contributed by atoms with Crippen LogP contribution < -0.4 is 10.6 Å². The lowest BCUT2D eigenvalue weighted by molar-refractivity contribution is 0.655. The van der Waals surface area contributed by atoms with E-state index in [0.717, 1.165) is 12.2 Å². The first kappa shape index (κ1) is 8.35. The summed E-state index contributed by atoms with van der Waals surface area (Å²) in [6.45, 7) is 3.22. The highest BCUT2D eigenvalue weighted by Crippen LogP contribution is 2.25. The van der Waals surface area contributed by atoms with Crippen molar-refractivity contribution in [3.8, 4) is 0 Å². The van der Waals surface area contributed by atoms with E-state index in [0.29, 0.717) is 6.04 Å². The van der Waals surface area contributed by atoms with Crippen molar-refractivity contribution in [1.29, 1.82) is 0 Å². The van der Waals surface area contributed by atoms with Gasteiger partial charge in [0.1, 0.15) is 0 Å². The molecule has 1 aromatic rings. The maximum absolute atomic E-state index is 4.07. The number of anilines is 2. The number of aromatic nitrogens is 1. The van der Waals surface area contributed by atoms with E-state index in [9.17, 15) is 0 Å². The molecule has 0 aliphatic carbocycles. The second-order valence-electron chi connectivity index (χ2n) is 3.43. The second kappa shape index (κ2) is 3.64. The van der Waals surface area contributed by atoms with Crippen LogP contribution in [0.5, 0.6) is 0 Å². The highest BCUT2D eigenvalue weighted by atomic mass is 15.1. The lowest BCUT2D eigenvalue weighted by Crippen LogP contribution is -2.32. The van der Waals surface area contributed by atoms with Crippen LogP contribution in [0.15, 0.2) is 18.5 Å². The van der Waals surface area contributed by atoms with Crippen LogP contribution in [-0.4, -0.2) is 17.6 Å². The van der Waals surface area contributed by atoms with Crippen LogP contribution in [0.2, 0.25) is 0 Å². The summed E-state index contributed by atoms with van der Waals surface area (Å²) in [4.78, 5) is 4.07. The third-order valence-corrected chi connectivity index (χ3v) is 2.36. The van der Waals surface area contributed by atoms with Crippen LogP contribution >= 0.6 is 0 Å². The van der Waals surface area contributed by atoms with Gasteiger partial charge in [0.2, 0.25) is 0 Å². The predicted octanol–water partition coefficient (Wildman–Crippen LogP) is 2.09. The van der Waals surface area contributed by atoms with Crippen molar-refractivity contribution in [2.75, 3.05) is 17.2 Å². The lowest BCUT2D eigenvalue weighted by atomic mass is 10.1. The van der Waals surface area contributed by atoms with E-state index in [1.807, 2.05) is 18.5 Å². The monoisotopic (exact) mass is 177 g/mol. The van der Waals surface area contributed by atoms with Gasteiger partial charge < -0.3 is 10.6 Å². The van der Waals surface area contributed by atoms with E-state index in [1.54, 1.807) is 0 Å². The maximum atomic E-state index is 4.07. The van der Waals surface area contributed by atoms with E-state index < -0.39 is 0 Å². The normalized spacial score (nSPS) is 19.9. The Morgan fingerprint density at radius 3 is 3.31 bits per heavy atom. The molecule has 2 rings (SSSR count). The van der Waals surface area contributed by atoms with Gasteiger partial charge in [-0.25, -0.2) is 0 Å². The van der Waals surface area contributed by atoms with Gasteiger partial charge in [-0.1, -0.05) is 13.3 Å². The van der Waals surface area contributed by atoms with Crippen LogP contribution in [0.3, 0.4) is 0 Å². The molecular weight excluding hydrogens is 162 g/mol. The van der Waals surface area contributed by atoms with E-state index in [2.05, 4.69) is 22.5 Å². The van der Waals surface area contributed by atoms with Gasteiger partial charge in [-0.15, -0.1) is 0 Å². The van der Waals surface area contributed by atoms with Gasteiger partial charge in [-0.2, -0.15) is 0 Å². The Hall–Kier alpha value is -1.25. The first-order valence-electron chi connectivity index (χ1n) is 4.84. The topological polar surface area (TPSA) is 37.0 Å². The molecule has 1 aliphatic heterocycles. The fourth-order valence-corrected chi connectivity index (χ4v) is 1.69. The molecule has 1 aromatic heterocycles. The summed E-state index contributed by atoms with van der Waals surface area (Å²) in [5, 5.41) is 6.87. The number of hydrogen-bond acceptors (Lipinski definition) is 3. The first-order chi connectivity index (χ1) is 6.40. The molecule has 2 N–H and O–H groups in total. The van der Waals surface area contributed by atoms with E-state index >= 15 is 0 Å². The van der Waals surface area contributed by atoms with Gasteiger partial charge in [-0.05, 0) is 12.5 Å². The van der Waals surface area contributed by atoms with Crippen LogP contribution in [-0.2, 0) is 0 Å². The Morgan fingerprint density at radius 2 is 2.46 bits per heavy atom. The van der Waals surface area contributed by atoms with Crippen molar-refractivity contribution in [1.82, 2.24) is 4.98 Å². The van der Waals surface area contributed by atoms with Gasteiger partial charge in [0, 0.05) is 18.8 Å². The van der Waals surface area contributed by atoms with E-state index in [4.69, 9.17) is 0 Å². The first-order valence-corrected chi connectivity index (χ1v) is 4.84. The molecule has 0 radical (unpaired) electrons. The third kappa shape index (κ3) is 1.74. The Bertz CT molecular complexity index is 285. The molecule has 0 bridgehead atoms. The molecule has 1 atom stereocenters. The predicted molar refractivity (Wildman–Crippen MR) is 55.0 cm³/mol. The molecule has 0 saturated heterocycles. The number of nitrogens with zero attached hydrogens (tertiary/aromatic N) is 1. The molecule has 0 amide bonds. The Balaban J connectivity index is 2.11. The molecule has 0 spiro atoms. The molecular formula is C10H15N3. The average Bonchev–Trinajstić information content (AvgIpc) is 2.18. The summed E-state index contributed by atoms with van der Waals surface area (Å²) in [7, 11) is 0. The summed E-state index contributed by atoms with van der Waals surface area (Å²) in [5.41, 5.74) is 2.30. The largest absolute Gasteiger partial charge is 0.380 e. The quantitative estimate of drug-likeness (QED) is 0.726. The molecule has 1 aliphatic rings. The van der Waals surface area contributed by atoms with Crippen LogP contribution in [0.25, 0.3) is 0 Å². The third-order valence-electron chi connectivity index (χ3n) is 2.36. The molecule has 0 fully saturated rings. The van der Waals surface area contributed by atoms with Crippen molar-refractivity contribution < 1.29 is 0 Å². The summed E-state index contributed by atoms with van der Waals surface area (Å²) < 4.78 is 0. The maximum Gasteiger partial charge on any atom is 0.0763 e. The summed E-state index contributed by atoms with van der Waals surface area (Å²) in [5.74, 6) is 0. The summed E-state index contributed by atoms with van der Waals surface area (Å²) in [6, 6.07) is 2.59. The SMILES string of the molecule is CCCC1CNc2cnccc2N1. The molecule has 0 saturated carbocycles. The van der Waals surface area contributed by atoms with Gasteiger partial charge >= 0.3 is 0 Å². The number of nitrogens with one attached hydrogen (secondary N) is 2. The Labute approximate surface area is 78.6 Å². The fraction of sp³-hybridized carbons (Fsp3) is 0.500. The number of hydrogen-bond donors (Lipinski definition) is 2. The zero-order valence-electron chi connectivity index (χ0n) is 7.88. The number of pyridine rings is 1. The van der Waals surface area contributed by atoms with E-state index in [1.165, 1.54) is 18.5 Å². The summed E-state index contributed by atoms with van der Waals surface area (Å²) in [6.07, 6.45) is 6.13. The number of rotatable bonds is 2. The van der Waals surface area contributed by atoms with Crippen LogP contribution in [0.4, 0.5) is 11.4 Å². The Kier molecular flexibility index (Phi) is 2.34. The minimum atomic E-state index is 0.569. The van der Waals surface area contributed by atoms with Crippen molar-refractivity contribution in [3.05, 3.63) is 18.5 Å². The van der Waals surface area contributed by atoms with E-state index in [-0.39, 0.29) is 0 Å². The molecule has 3 nitrogen and oxygen atoms in total. The van der Waals surface area contributed by atoms with Crippen molar-refractivity contribution in [3.63, 3.8) is 0 Å².